The van der Waals surface area contributed by atoms with Gasteiger partial charge in [0.05, 0.1) is 0 Å². The zero-order valence-electron chi connectivity index (χ0n) is 13.2. The molecule has 0 unspecified atom stereocenters. The van der Waals surface area contributed by atoms with Gasteiger partial charge in [-0.1, -0.05) is 6.92 Å². The number of piperidine rings is 1. The molecule has 4 nitrogen and oxygen atoms in total. The fourth-order valence-corrected chi connectivity index (χ4v) is 3.54. The lowest BCUT2D eigenvalue weighted by Gasteiger charge is -2.42. The van der Waals surface area contributed by atoms with Gasteiger partial charge in [-0.2, -0.15) is 11.8 Å². The van der Waals surface area contributed by atoms with Crippen LogP contribution in [0.5, 0.6) is 0 Å². The highest BCUT2D eigenvalue weighted by Gasteiger charge is 2.39. The minimum Gasteiger partial charge on any atom is -0.340 e. The van der Waals surface area contributed by atoms with Crippen molar-refractivity contribution in [3.05, 3.63) is 0 Å². The van der Waals surface area contributed by atoms with E-state index in [4.69, 9.17) is 0 Å². The van der Waals surface area contributed by atoms with Crippen LogP contribution in [0.15, 0.2) is 0 Å². The van der Waals surface area contributed by atoms with Crippen molar-refractivity contribution in [3.8, 4) is 0 Å². The number of rotatable bonds is 4. The zero-order valence-corrected chi connectivity index (χ0v) is 14.0. The van der Waals surface area contributed by atoms with E-state index in [0.29, 0.717) is 5.91 Å². The third-order valence-corrected chi connectivity index (χ3v) is 5.47. The first kappa shape index (κ1) is 16.1. The molecule has 2 saturated heterocycles. The molecule has 0 N–H and O–H groups in total. The Bertz CT molecular complexity index is 321. The Hall–Kier alpha value is -0.260. The van der Waals surface area contributed by atoms with Crippen LogP contribution < -0.4 is 0 Å². The molecule has 116 valence electrons. The van der Waals surface area contributed by atoms with Gasteiger partial charge in [0.15, 0.2) is 0 Å². The quantitative estimate of drug-likeness (QED) is 0.780. The molecular formula is C15H29N3OS. The van der Waals surface area contributed by atoms with E-state index in [9.17, 15) is 4.79 Å². The van der Waals surface area contributed by atoms with Gasteiger partial charge >= 0.3 is 0 Å². The molecule has 2 heterocycles. The van der Waals surface area contributed by atoms with Crippen LogP contribution in [0.25, 0.3) is 0 Å². The maximum absolute atomic E-state index is 12.8. The van der Waals surface area contributed by atoms with Gasteiger partial charge in [0.25, 0.3) is 0 Å². The molecular weight excluding hydrogens is 270 g/mol. The van der Waals surface area contributed by atoms with Gasteiger partial charge in [-0.15, -0.1) is 0 Å². The molecule has 0 aliphatic carbocycles. The number of hydrogen-bond acceptors (Lipinski definition) is 4. The first-order valence-corrected chi connectivity index (χ1v) is 9.14. The number of likely N-dealkylation sites (tertiary alicyclic amines) is 1. The van der Waals surface area contributed by atoms with E-state index in [-0.39, 0.29) is 5.41 Å². The maximum Gasteiger partial charge on any atom is 0.228 e. The summed E-state index contributed by atoms with van der Waals surface area (Å²) in [7, 11) is 2.15. The van der Waals surface area contributed by atoms with Crippen molar-refractivity contribution in [1.29, 1.82) is 0 Å². The summed E-state index contributed by atoms with van der Waals surface area (Å²) in [6.07, 6.45) is 4.17. The van der Waals surface area contributed by atoms with Gasteiger partial charge in [-0.05, 0) is 39.2 Å². The normalized spacial score (nSPS) is 24.9. The Morgan fingerprint density at radius 1 is 1.10 bits per heavy atom. The van der Waals surface area contributed by atoms with E-state index in [1.165, 1.54) is 5.75 Å². The predicted octanol–water partition coefficient (Wildman–Crippen LogP) is 1.23. The predicted molar refractivity (Wildman–Crippen MR) is 86.2 cm³/mol. The second-order valence-electron chi connectivity index (χ2n) is 6.49. The van der Waals surface area contributed by atoms with Crippen molar-refractivity contribution in [1.82, 2.24) is 14.7 Å². The number of nitrogens with zero attached hydrogens (tertiary/aromatic N) is 3. The monoisotopic (exact) mass is 299 g/mol. The van der Waals surface area contributed by atoms with Gasteiger partial charge in [0, 0.05) is 43.9 Å². The maximum atomic E-state index is 12.8. The second-order valence-corrected chi connectivity index (χ2v) is 7.48. The Balaban J connectivity index is 1.82. The SMILES string of the molecule is CSCCN1CCN(C(=O)C2(C)CCN(C)CC2)CC1. The Morgan fingerprint density at radius 2 is 1.70 bits per heavy atom. The summed E-state index contributed by atoms with van der Waals surface area (Å²) in [5.74, 6) is 1.59. The van der Waals surface area contributed by atoms with Gasteiger partial charge in [0.1, 0.15) is 0 Å². The molecule has 0 atom stereocenters. The Morgan fingerprint density at radius 3 is 2.25 bits per heavy atom. The highest BCUT2D eigenvalue weighted by Crippen LogP contribution is 2.32. The average Bonchev–Trinajstić information content (AvgIpc) is 2.48. The van der Waals surface area contributed by atoms with Crippen LogP contribution in [-0.4, -0.2) is 85.5 Å². The lowest BCUT2D eigenvalue weighted by atomic mass is 9.79. The largest absolute Gasteiger partial charge is 0.340 e. The van der Waals surface area contributed by atoms with Gasteiger partial charge < -0.3 is 9.80 Å². The highest BCUT2D eigenvalue weighted by atomic mass is 32.2. The van der Waals surface area contributed by atoms with E-state index in [2.05, 4.69) is 34.9 Å². The van der Waals surface area contributed by atoms with Gasteiger partial charge in [-0.25, -0.2) is 0 Å². The summed E-state index contributed by atoms with van der Waals surface area (Å²) in [5, 5.41) is 0. The van der Waals surface area contributed by atoms with Crippen molar-refractivity contribution in [2.45, 2.75) is 19.8 Å². The third kappa shape index (κ3) is 3.89. The minimum atomic E-state index is -0.117. The number of piperazine rings is 1. The molecule has 0 bridgehead atoms. The lowest BCUT2D eigenvalue weighted by molar-refractivity contribution is -0.145. The molecule has 5 heteroatoms. The molecule has 0 aromatic heterocycles. The number of amides is 1. The van der Waals surface area contributed by atoms with Crippen LogP contribution in [-0.2, 0) is 4.79 Å². The summed E-state index contributed by atoms with van der Waals surface area (Å²) in [5.41, 5.74) is -0.117. The number of carbonyl (C=O) groups excluding carboxylic acids is 1. The Labute approximate surface area is 127 Å². The van der Waals surface area contributed by atoms with Crippen LogP contribution in [0.1, 0.15) is 19.8 Å². The van der Waals surface area contributed by atoms with Crippen molar-refractivity contribution in [2.24, 2.45) is 5.41 Å². The fourth-order valence-electron chi connectivity index (χ4n) is 3.10. The molecule has 2 rings (SSSR count). The first-order valence-electron chi connectivity index (χ1n) is 7.74. The molecule has 20 heavy (non-hydrogen) atoms. The lowest BCUT2D eigenvalue weighted by Crippen LogP contribution is -2.54. The second kappa shape index (κ2) is 7.14. The van der Waals surface area contributed by atoms with Crippen LogP contribution in [0, 0.1) is 5.41 Å². The summed E-state index contributed by atoms with van der Waals surface area (Å²) < 4.78 is 0. The van der Waals surface area contributed by atoms with Gasteiger partial charge in [-0.3, -0.25) is 9.69 Å². The molecule has 0 spiro atoms. The number of hydrogen-bond donors (Lipinski definition) is 0. The molecule has 0 saturated carbocycles. The molecule has 2 aliphatic heterocycles. The molecule has 1 amide bonds. The topological polar surface area (TPSA) is 26.8 Å². The van der Waals surface area contributed by atoms with Crippen LogP contribution in [0.4, 0.5) is 0 Å². The van der Waals surface area contributed by atoms with Crippen LogP contribution in [0.3, 0.4) is 0 Å². The number of thioether (sulfide) groups is 1. The van der Waals surface area contributed by atoms with Crippen LogP contribution >= 0.6 is 11.8 Å². The fraction of sp³-hybridized carbons (Fsp3) is 0.933. The van der Waals surface area contributed by atoms with E-state index in [1.54, 1.807) is 0 Å². The number of carbonyl (C=O) groups is 1. The molecule has 0 radical (unpaired) electrons. The van der Waals surface area contributed by atoms with Crippen molar-refractivity contribution in [3.63, 3.8) is 0 Å². The summed E-state index contributed by atoms with van der Waals surface area (Å²) in [6.45, 7) is 9.35. The average molecular weight is 299 g/mol. The highest BCUT2D eigenvalue weighted by molar-refractivity contribution is 7.98. The molecule has 2 fully saturated rings. The van der Waals surface area contributed by atoms with Crippen molar-refractivity contribution < 1.29 is 4.79 Å². The first-order chi connectivity index (χ1) is 9.55. The standard InChI is InChI=1S/C15H29N3OS/c1-15(4-6-16(2)7-5-15)14(19)18-10-8-17(9-11-18)12-13-20-3/h4-13H2,1-3H3. The van der Waals surface area contributed by atoms with E-state index >= 15 is 0 Å². The molecule has 0 aromatic rings. The summed E-state index contributed by atoms with van der Waals surface area (Å²) in [4.78, 5) is 19.7. The smallest absolute Gasteiger partial charge is 0.228 e. The summed E-state index contributed by atoms with van der Waals surface area (Å²) in [6, 6.07) is 0. The summed E-state index contributed by atoms with van der Waals surface area (Å²) >= 11 is 1.90. The van der Waals surface area contributed by atoms with E-state index < -0.39 is 0 Å². The van der Waals surface area contributed by atoms with Crippen molar-refractivity contribution in [2.75, 3.05) is 64.9 Å². The molecule has 2 aliphatic rings. The Kier molecular flexibility index (Phi) is 5.75. The van der Waals surface area contributed by atoms with Crippen molar-refractivity contribution >= 4 is 17.7 Å². The van der Waals surface area contributed by atoms with E-state index in [1.807, 2.05) is 11.8 Å². The van der Waals surface area contributed by atoms with Crippen LogP contribution in [0.2, 0.25) is 0 Å². The van der Waals surface area contributed by atoms with Gasteiger partial charge in [0.2, 0.25) is 5.91 Å². The zero-order chi connectivity index (χ0) is 14.6. The van der Waals surface area contributed by atoms with E-state index in [0.717, 1.165) is 58.7 Å². The molecule has 0 aromatic carbocycles. The third-order valence-electron chi connectivity index (χ3n) is 4.88. The minimum absolute atomic E-state index is 0.117.